The fraction of sp³-hybridized carbons (Fsp3) is 0.923. The maximum absolute atomic E-state index is 12.2. The number of likely N-dealkylation sites (tertiary alicyclic amines) is 1. The molecule has 3 nitrogen and oxygen atoms in total. The maximum Gasteiger partial charge on any atom is 0.226 e. The summed E-state index contributed by atoms with van der Waals surface area (Å²) in [5, 5.41) is 0. The van der Waals surface area contributed by atoms with Crippen molar-refractivity contribution in [2.45, 2.75) is 40.0 Å². The number of carbonyl (C=O) groups is 1. The lowest BCUT2D eigenvalue weighted by Gasteiger charge is -2.39. The Morgan fingerprint density at radius 2 is 1.81 bits per heavy atom. The van der Waals surface area contributed by atoms with Gasteiger partial charge in [-0.3, -0.25) is 4.79 Å². The van der Waals surface area contributed by atoms with Crippen molar-refractivity contribution < 1.29 is 4.79 Å². The number of nitrogens with two attached hydrogens (primary N) is 1. The SMILES string of the molecule is CC1(CN)CCN(C(=O)C2CC2(C)C)CC1. The molecule has 0 spiro atoms. The first-order valence-electron chi connectivity index (χ1n) is 6.37. The summed E-state index contributed by atoms with van der Waals surface area (Å²) in [5.74, 6) is 0.666. The molecular weight excluding hydrogens is 200 g/mol. The average Bonchev–Trinajstić information content (AvgIpc) is 2.88. The van der Waals surface area contributed by atoms with Crippen molar-refractivity contribution in [2.24, 2.45) is 22.5 Å². The predicted octanol–water partition coefficient (Wildman–Crippen LogP) is 1.62. The Morgan fingerprint density at radius 3 is 2.19 bits per heavy atom. The summed E-state index contributed by atoms with van der Waals surface area (Å²) in [6, 6.07) is 0. The second-order valence-electron chi connectivity index (χ2n) is 6.59. The normalized spacial score (nSPS) is 31.2. The van der Waals surface area contributed by atoms with Crippen molar-refractivity contribution in [3.05, 3.63) is 0 Å². The molecule has 1 aliphatic carbocycles. The third-order valence-electron chi connectivity index (χ3n) is 4.59. The van der Waals surface area contributed by atoms with E-state index in [1.54, 1.807) is 0 Å². The van der Waals surface area contributed by atoms with E-state index in [0.29, 0.717) is 5.91 Å². The Kier molecular flexibility index (Phi) is 2.77. The molecule has 2 N–H and O–H groups in total. The zero-order chi connectivity index (χ0) is 12.0. The molecule has 1 heterocycles. The van der Waals surface area contributed by atoms with E-state index in [1.165, 1.54) is 0 Å². The van der Waals surface area contributed by atoms with Crippen molar-refractivity contribution in [1.82, 2.24) is 4.90 Å². The molecule has 0 bridgehead atoms. The number of hydrogen-bond acceptors (Lipinski definition) is 2. The van der Waals surface area contributed by atoms with Crippen LogP contribution in [0.5, 0.6) is 0 Å². The van der Waals surface area contributed by atoms with Crippen LogP contribution in [0.25, 0.3) is 0 Å². The van der Waals surface area contributed by atoms with E-state index in [2.05, 4.69) is 25.7 Å². The van der Waals surface area contributed by atoms with Crippen LogP contribution < -0.4 is 5.73 Å². The fourth-order valence-corrected chi connectivity index (χ4v) is 2.58. The summed E-state index contributed by atoms with van der Waals surface area (Å²) in [4.78, 5) is 14.2. The highest BCUT2D eigenvalue weighted by molar-refractivity contribution is 5.82. The van der Waals surface area contributed by atoms with Crippen molar-refractivity contribution >= 4 is 5.91 Å². The van der Waals surface area contributed by atoms with Gasteiger partial charge in [0.15, 0.2) is 0 Å². The van der Waals surface area contributed by atoms with Gasteiger partial charge in [0.05, 0.1) is 0 Å². The first-order chi connectivity index (χ1) is 7.38. The van der Waals surface area contributed by atoms with Gasteiger partial charge in [-0.1, -0.05) is 20.8 Å². The molecule has 1 saturated carbocycles. The number of piperidine rings is 1. The fourth-order valence-electron chi connectivity index (χ4n) is 2.58. The lowest BCUT2D eigenvalue weighted by Crippen LogP contribution is -2.45. The molecule has 1 atom stereocenters. The first-order valence-corrected chi connectivity index (χ1v) is 6.37. The van der Waals surface area contributed by atoms with Crippen LogP contribution in [0.3, 0.4) is 0 Å². The molecule has 2 aliphatic rings. The van der Waals surface area contributed by atoms with Gasteiger partial charge in [-0.25, -0.2) is 0 Å². The topological polar surface area (TPSA) is 46.3 Å². The van der Waals surface area contributed by atoms with Gasteiger partial charge < -0.3 is 10.6 Å². The van der Waals surface area contributed by atoms with Crippen LogP contribution in [0.4, 0.5) is 0 Å². The second kappa shape index (κ2) is 3.73. The van der Waals surface area contributed by atoms with Crippen LogP contribution in [-0.4, -0.2) is 30.4 Å². The first kappa shape index (κ1) is 11.9. The molecule has 0 aromatic carbocycles. The monoisotopic (exact) mass is 224 g/mol. The minimum Gasteiger partial charge on any atom is -0.342 e. The van der Waals surface area contributed by atoms with Crippen molar-refractivity contribution in [1.29, 1.82) is 0 Å². The van der Waals surface area contributed by atoms with Gasteiger partial charge in [0.25, 0.3) is 0 Å². The standard InChI is InChI=1S/C13H24N2O/c1-12(2)8-10(12)11(16)15-6-4-13(3,9-14)5-7-15/h10H,4-9,14H2,1-3H3. The Hall–Kier alpha value is -0.570. The third kappa shape index (κ3) is 2.10. The number of nitrogens with zero attached hydrogens (tertiary/aromatic N) is 1. The quantitative estimate of drug-likeness (QED) is 0.774. The van der Waals surface area contributed by atoms with Crippen LogP contribution in [0.15, 0.2) is 0 Å². The van der Waals surface area contributed by atoms with Crippen LogP contribution in [0, 0.1) is 16.7 Å². The van der Waals surface area contributed by atoms with E-state index in [1.807, 2.05) is 0 Å². The smallest absolute Gasteiger partial charge is 0.226 e. The minimum absolute atomic E-state index is 0.256. The van der Waals surface area contributed by atoms with E-state index in [4.69, 9.17) is 5.73 Å². The van der Waals surface area contributed by atoms with Gasteiger partial charge in [0.2, 0.25) is 5.91 Å². The van der Waals surface area contributed by atoms with Crippen molar-refractivity contribution in [3.63, 3.8) is 0 Å². The minimum atomic E-state index is 0.256. The van der Waals surface area contributed by atoms with Gasteiger partial charge in [-0.2, -0.15) is 0 Å². The Labute approximate surface area is 98.4 Å². The van der Waals surface area contributed by atoms with Gasteiger partial charge >= 0.3 is 0 Å². The molecule has 3 heteroatoms. The van der Waals surface area contributed by atoms with Gasteiger partial charge in [-0.05, 0) is 36.6 Å². The van der Waals surface area contributed by atoms with Crippen LogP contribution >= 0.6 is 0 Å². The van der Waals surface area contributed by atoms with Crippen molar-refractivity contribution in [3.8, 4) is 0 Å². The molecule has 1 amide bonds. The summed E-state index contributed by atoms with van der Waals surface area (Å²) >= 11 is 0. The molecule has 1 saturated heterocycles. The molecule has 0 aromatic rings. The van der Waals surface area contributed by atoms with Crippen molar-refractivity contribution in [2.75, 3.05) is 19.6 Å². The van der Waals surface area contributed by atoms with E-state index in [0.717, 1.165) is 38.9 Å². The lowest BCUT2D eigenvalue weighted by molar-refractivity contribution is -0.135. The van der Waals surface area contributed by atoms with E-state index < -0.39 is 0 Å². The number of rotatable bonds is 2. The summed E-state index contributed by atoms with van der Waals surface area (Å²) < 4.78 is 0. The molecule has 1 aliphatic heterocycles. The summed E-state index contributed by atoms with van der Waals surface area (Å²) in [6.07, 6.45) is 3.18. The molecule has 2 fully saturated rings. The highest BCUT2D eigenvalue weighted by atomic mass is 16.2. The van der Waals surface area contributed by atoms with E-state index >= 15 is 0 Å². The third-order valence-corrected chi connectivity index (χ3v) is 4.59. The van der Waals surface area contributed by atoms with Crippen LogP contribution in [0.1, 0.15) is 40.0 Å². The molecule has 1 unspecified atom stereocenters. The zero-order valence-corrected chi connectivity index (χ0v) is 10.8. The average molecular weight is 224 g/mol. The lowest BCUT2D eigenvalue weighted by atomic mass is 9.80. The van der Waals surface area contributed by atoms with E-state index in [9.17, 15) is 4.79 Å². The predicted molar refractivity (Wildman–Crippen MR) is 64.9 cm³/mol. The Balaban J connectivity index is 1.88. The highest BCUT2D eigenvalue weighted by Gasteiger charge is 2.52. The number of amides is 1. The molecule has 16 heavy (non-hydrogen) atoms. The summed E-state index contributed by atoms with van der Waals surface area (Å²) in [6.45, 7) is 9.14. The van der Waals surface area contributed by atoms with Gasteiger partial charge in [-0.15, -0.1) is 0 Å². The zero-order valence-electron chi connectivity index (χ0n) is 10.8. The molecular formula is C13H24N2O. The Bertz CT molecular complexity index is 290. The van der Waals surface area contributed by atoms with Crippen LogP contribution in [0.2, 0.25) is 0 Å². The summed E-state index contributed by atoms with van der Waals surface area (Å²) in [5.41, 5.74) is 6.29. The maximum atomic E-state index is 12.2. The molecule has 92 valence electrons. The van der Waals surface area contributed by atoms with E-state index in [-0.39, 0.29) is 16.7 Å². The molecule has 0 radical (unpaired) electrons. The Morgan fingerprint density at radius 1 is 1.31 bits per heavy atom. The van der Waals surface area contributed by atoms with Gasteiger partial charge in [0.1, 0.15) is 0 Å². The molecule has 2 rings (SSSR count). The number of carbonyl (C=O) groups excluding carboxylic acids is 1. The second-order valence-corrected chi connectivity index (χ2v) is 6.59. The number of hydrogen-bond donors (Lipinski definition) is 1. The highest BCUT2D eigenvalue weighted by Crippen LogP contribution is 2.52. The molecule has 0 aromatic heterocycles. The van der Waals surface area contributed by atoms with Crippen LogP contribution in [-0.2, 0) is 4.79 Å². The summed E-state index contributed by atoms with van der Waals surface area (Å²) in [7, 11) is 0. The largest absolute Gasteiger partial charge is 0.342 e. The van der Waals surface area contributed by atoms with Gasteiger partial charge in [0, 0.05) is 19.0 Å².